The maximum absolute atomic E-state index is 4.36. The Morgan fingerprint density at radius 1 is 1.53 bits per heavy atom. The molecule has 1 heterocycles. The summed E-state index contributed by atoms with van der Waals surface area (Å²) in [6, 6.07) is 0.763. The van der Waals surface area contributed by atoms with Gasteiger partial charge in [-0.3, -0.25) is 0 Å². The van der Waals surface area contributed by atoms with Crippen molar-refractivity contribution in [3.05, 3.63) is 17.7 Å². The lowest BCUT2D eigenvalue weighted by molar-refractivity contribution is 0.410. The van der Waals surface area contributed by atoms with Crippen LogP contribution >= 0.6 is 0 Å². The van der Waals surface area contributed by atoms with Crippen molar-refractivity contribution in [2.45, 2.75) is 31.8 Å². The molecule has 0 amide bonds. The van der Waals surface area contributed by atoms with E-state index in [1.54, 1.807) is 0 Å². The molecule has 1 saturated carbocycles. The summed E-state index contributed by atoms with van der Waals surface area (Å²) in [7, 11) is 4.16. The van der Waals surface area contributed by atoms with Crippen LogP contribution in [0, 0.1) is 0 Å². The van der Waals surface area contributed by atoms with E-state index in [2.05, 4.69) is 34.3 Å². The fourth-order valence-electron chi connectivity index (χ4n) is 1.49. The molecule has 1 aromatic heterocycles. The van der Waals surface area contributed by atoms with Crippen LogP contribution in [0.5, 0.6) is 0 Å². The molecule has 4 nitrogen and oxygen atoms in total. The lowest BCUT2D eigenvalue weighted by atomic mass is 10.4. The van der Waals surface area contributed by atoms with Crippen LogP contribution in [0.4, 0.5) is 0 Å². The first-order valence-corrected chi connectivity index (χ1v) is 5.65. The third-order valence-electron chi connectivity index (χ3n) is 2.64. The van der Waals surface area contributed by atoms with E-state index in [1.807, 2.05) is 6.20 Å². The Labute approximate surface area is 91.1 Å². The minimum Gasteiger partial charge on any atom is -0.345 e. The Morgan fingerprint density at radius 3 is 3.00 bits per heavy atom. The van der Waals surface area contributed by atoms with Gasteiger partial charge in [-0.15, -0.1) is 0 Å². The van der Waals surface area contributed by atoms with Crippen LogP contribution in [0.15, 0.2) is 6.20 Å². The first kappa shape index (κ1) is 10.6. The highest BCUT2D eigenvalue weighted by Crippen LogP contribution is 2.18. The molecule has 15 heavy (non-hydrogen) atoms. The molecule has 2 N–H and O–H groups in total. The van der Waals surface area contributed by atoms with Crippen molar-refractivity contribution in [2.75, 3.05) is 20.6 Å². The summed E-state index contributed by atoms with van der Waals surface area (Å²) in [5, 5.41) is 3.47. The maximum atomic E-state index is 4.36. The molecule has 0 aliphatic heterocycles. The smallest absolute Gasteiger partial charge is 0.107 e. The molecule has 0 saturated heterocycles. The van der Waals surface area contributed by atoms with E-state index < -0.39 is 0 Å². The quantitative estimate of drug-likeness (QED) is 0.725. The van der Waals surface area contributed by atoms with E-state index in [0.717, 1.165) is 31.4 Å². The zero-order valence-corrected chi connectivity index (χ0v) is 9.58. The molecule has 0 radical (unpaired) electrons. The van der Waals surface area contributed by atoms with Crippen LogP contribution in [0.25, 0.3) is 0 Å². The van der Waals surface area contributed by atoms with Crippen molar-refractivity contribution >= 4 is 0 Å². The van der Waals surface area contributed by atoms with Gasteiger partial charge in [-0.2, -0.15) is 0 Å². The summed E-state index contributed by atoms with van der Waals surface area (Å²) in [4.78, 5) is 9.89. The number of aromatic nitrogens is 2. The number of hydrogen-bond acceptors (Lipinski definition) is 3. The van der Waals surface area contributed by atoms with E-state index >= 15 is 0 Å². The average molecular weight is 208 g/mol. The van der Waals surface area contributed by atoms with Gasteiger partial charge >= 0.3 is 0 Å². The normalized spacial score (nSPS) is 16.2. The van der Waals surface area contributed by atoms with Crippen molar-refractivity contribution in [1.82, 2.24) is 20.2 Å². The van der Waals surface area contributed by atoms with Crippen molar-refractivity contribution in [2.24, 2.45) is 0 Å². The van der Waals surface area contributed by atoms with E-state index in [1.165, 1.54) is 18.5 Å². The first-order chi connectivity index (χ1) is 7.24. The number of H-pyrrole nitrogens is 1. The molecule has 84 valence electrons. The summed E-state index contributed by atoms with van der Waals surface area (Å²) in [6.45, 7) is 1.97. The monoisotopic (exact) mass is 208 g/mol. The van der Waals surface area contributed by atoms with Crippen molar-refractivity contribution < 1.29 is 0 Å². The van der Waals surface area contributed by atoms with Gasteiger partial charge in [0.05, 0.1) is 0 Å². The number of likely N-dealkylation sites (N-methyl/N-ethyl adjacent to an activating group) is 1. The molecule has 4 heteroatoms. The Kier molecular flexibility index (Phi) is 3.38. The number of nitrogens with one attached hydrogen (secondary N) is 2. The number of nitrogens with zero attached hydrogens (tertiary/aromatic N) is 2. The maximum Gasteiger partial charge on any atom is 0.107 e. The predicted molar refractivity (Wildman–Crippen MR) is 60.7 cm³/mol. The molecule has 0 aromatic carbocycles. The largest absolute Gasteiger partial charge is 0.345 e. The van der Waals surface area contributed by atoms with Gasteiger partial charge in [0.2, 0.25) is 0 Å². The molecular formula is C11H20N4. The summed E-state index contributed by atoms with van der Waals surface area (Å²) >= 11 is 0. The Morgan fingerprint density at radius 2 is 2.33 bits per heavy atom. The number of imidazole rings is 1. The molecule has 1 fully saturated rings. The molecular weight excluding hydrogens is 188 g/mol. The Bertz CT molecular complexity index is 281. The molecule has 1 aliphatic carbocycles. The fourth-order valence-corrected chi connectivity index (χ4v) is 1.49. The van der Waals surface area contributed by atoms with Gasteiger partial charge in [0.1, 0.15) is 5.82 Å². The topological polar surface area (TPSA) is 44.0 Å². The van der Waals surface area contributed by atoms with E-state index in [9.17, 15) is 0 Å². The second kappa shape index (κ2) is 4.77. The summed E-state index contributed by atoms with van der Waals surface area (Å²) in [5.74, 6) is 1.09. The SMILES string of the molecule is CN(C)CCc1ncc(CNC2CC2)[nH]1. The summed E-state index contributed by atoms with van der Waals surface area (Å²) in [6.07, 6.45) is 5.61. The Hall–Kier alpha value is -0.870. The van der Waals surface area contributed by atoms with E-state index in [4.69, 9.17) is 0 Å². The Balaban J connectivity index is 1.75. The number of hydrogen-bond donors (Lipinski definition) is 2. The van der Waals surface area contributed by atoms with Gasteiger partial charge in [-0.1, -0.05) is 0 Å². The van der Waals surface area contributed by atoms with Crippen LogP contribution < -0.4 is 5.32 Å². The summed E-state index contributed by atoms with van der Waals surface area (Å²) < 4.78 is 0. The standard InChI is InChI=1S/C11H20N4/c1-15(2)6-5-11-13-8-10(14-11)7-12-9-3-4-9/h8-9,12H,3-7H2,1-2H3,(H,13,14). The van der Waals surface area contributed by atoms with Crippen molar-refractivity contribution in [3.8, 4) is 0 Å². The van der Waals surface area contributed by atoms with E-state index in [-0.39, 0.29) is 0 Å². The highest BCUT2D eigenvalue weighted by atomic mass is 15.1. The minimum absolute atomic E-state index is 0.763. The summed E-state index contributed by atoms with van der Waals surface area (Å²) in [5.41, 5.74) is 1.20. The molecule has 1 aliphatic rings. The lowest BCUT2D eigenvalue weighted by Crippen LogP contribution is -2.16. The van der Waals surface area contributed by atoms with Gasteiger partial charge in [0, 0.05) is 37.4 Å². The second-order valence-corrected chi connectivity index (χ2v) is 4.56. The minimum atomic E-state index is 0.763. The molecule has 0 bridgehead atoms. The third-order valence-corrected chi connectivity index (χ3v) is 2.64. The number of aromatic amines is 1. The lowest BCUT2D eigenvalue weighted by Gasteiger charge is -2.06. The van der Waals surface area contributed by atoms with Crippen molar-refractivity contribution in [3.63, 3.8) is 0 Å². The third kappa shape index (κ3) is 3.64. The van der Waals surface area contributed by atoms with Gasteiger partial charge in [0.15, 0.2) is 0 Å². The molecule has 0 spiro atoms. The fraction of sp³-hybridized carbons (Fsp3) is 0.727. The molecule has 0 unspecified atom stereocenters. The van der Waals surface area contributed by atoms with Crippen LogP contribution in [0.1, 0.15) is 24.4 Å². The highest BCUT2D eigenvalue weighted by molar-refractivity contribution is 5.02. The van der Waals surface area contributed by atoms with Gasteiger partial charge in [-0.25, -0.2) is 4.98 Å². The molecule has 1 aromatic rings. The van der Waals surface area contributed by atoms with E-state index in [0.29, 0.717) is 0 Å². The zero-order chi connectivity index (χ0) is 10.7. The number of rotatable bonds is 6. The van der Waals surface area contributed by atoms with Crippen molar-refractivity contribution in [1.29, 1.82) is 0 Å². The highest BCUT2D eigenvalue weighted by Gasteiger charge is 2.20. The average Bonchev–Trinajstić information content (AvgIpc) is 2.92. The second-order valence-electron chi connectivity index (χ2n) is 4.56. The molecule has 0 atom stereocenters. The van der Waals surface area contributed by atoms with Gasteiger partial charge < -0.3 is 15.2 Å². The van der Waals surface area contributed by atoms with Gasteiger partial charge in [0.25, 0.3) is 0 Å². The first-order valence-electron chi connectivity index (χ1n) is 5.65. The van der Waals surface area contributed by atoms with Gasteiger partial charge in [-0.05, 0) is 26.9 Å². The van der Waals surface area contributed by atoms with Crippen LogP contribution in [0.2, 0.25) is 0 Å². The van der Waals surface area contributed by atoms with Crippen LogP contribution in [-0.2, 0) is 13.0 Å². The predicted octanol–water partition coefficient (Wildman–Crippen LogP) is 0.766. The van der Waals surface area contributed by atoms with Crippen LogP contribution in [0.3, 0.4) is 0 Å². The zero-order valence-electron chi connectivity index (χ0n) is 9.58. The van der Waals surface area contributed by atoms with Crippen LogP contribution in [-0.4, -0.2) is 41.5 Å². The molecule has 2 rings (SSSR count).